The van der Waals surface area contributed by atoms with Gasteiger partial charge in [-0.2, -0.15) is 0 Å². The molecule has 1 fully saturated rings. The normalized spacial score (nSPS) is 24.9. The highest BCUT2D eigenvalue weighted by Crippen LogP contribution is 2.14. The van der Waals surface area contributed by atoms with Crippen molar-refractivity contribution in [3.63, 3.8) is 0 Å². The molecule has 0 spiro atoms. The fourth-order valence-corrected chi connectivity index (χ4v) is 1.69. The zero-order chi connectivity index (χ0) is 10.2. The Hall–Kier alpha value is -0.120. The van der Waals surface area contributed by atoms with Crippen molar-refractivity contribution in [2.75, 3.05) is 26.8 Å². The summed E-state index contributed by atoms with van der Waals surface area (Å²) in [6, 6.07) is 0. The Balaban J connectivity index is 1.92. The van der Waals surface area contributed by atoms with Crippen molar-refractivity contribution in [3.05, 3.63) is 0 Å². The number of methoxy groups -OCH3 is 1. The van der Waals surface area contributed by atoms with Crippen molar-refractivity contribution in [2.24, 2.45) is 0 Å². The van der Waals surface area contributed by atoms with Gasteiger partial charge in [0, 0.05) is 20.3 Å². The maximum Gasteiger partial charge on any atom is 0.0667 e. The van der Waals surface area contributed by atoms with Gasteiger partial charge in [-0.05, 0) is 39.2 Å². The molecule has 2 unspecified atom stereocenters. The lowest BCUT2D eigenvalue weighted by atomic mass is 10.1. The Morgan fingerprint density at radius 3 is 3.00 bits per heavy atom. The molecule has 1 N–H and O–H groups in total. The third kappa shape index (κ3) is 4.94. The molecule has 1 saturated heterocycles. The Bertz CT molecular complexity index is 135. The van der Waals surface area contributed by atoms with E-state index in [1.807, 2.05) is 0 Å². The van der Waals surface area contributed by atoms with Crippen molar-refractivity contribution < 1.29 is 9.47 Å². The third-order valence-electron chi connectivity index (χ3n) is 2.75. The summed E-state index contributed by atoms with van der Waals surface area (Å²) in [5.41, 5.74) is 0. The first-order chi connectivity index (χ1) is 6.83. The molecule has 0 aromatic rings. The number of ether oxygens (including phenoxy) is 2. The maximum atomic E-state index is 5.64. The van der Waals surface area contributed by atoms with Gasteiger partial charge in [0.2, 0.25) is 0 Å². The number of hydrogen-bond acceptors (Lipinski definition) is 3. The summed E-state index contributed by atoms with van der Waals surface area (Å²) >= 11 is 0. The summed E-state index contributed by atoms with van der Waals surface area (Å²) < 4.78 is 10.8. The fraction of sp³-hybridized carbons (Fsp3) is 1.00. The SMILES string of the molecule is COC(C)CNCCC1CCCCO1. The molecule has 84 valence electrons. The molecular formula is C11H23NO2. The van der Waals surface area contributed by atoms with Crippen LogP contribution in [0.15, 0.2) is 0 Å². The molecule has 0 amide bonds. The highest BCUT2D eigenvalue weighted by Gasteiger charge is 2.12. The Labute approximate surface area is 87.2 Å². The predicted octanol–water partition coefficient (Wildman–Crippen LogP) is 1.57. The van der Waals surface area contributed by atoms with E-state index in [0.29, 0.717) is 12.2 Å². The first-order valence-corrected chi connectivity index (χ1v) is 5.68. The number of rotatable bonds is 6. The van der Waals surface area contributed by atoms with Gasteiger partial charge in [0.25, 0.3) is 0 Å². The molecule has 2 atom stereocenters. The number of nitrogens with one attached hydrogen (secondary N) is 1. The van der Waals surface area contributed by atoms with Crippen molar-refractivity contribution in [3.8, 4) is 0 Å². The lowest BCUT2D eigenvalue weighted by Gasteiger charge is -2.22. The highest BCUT2D eigenvalue weighted by molar-refractivity contribution is 4.65. The smallest absolute Gasteiger partial charge is 0.0667 e. The average Bonchev–Trinajstić information content (AvgIpc) is 2.25. The van der Waals surface area contributed by atoms with E-state index in [4.69, 9.17) is 9.47 Å². The lowest BCUT2D eigenvalue weighted by Crippen LogP contribution is -2.30. The molecule has 0 bridgehead atoms. The molecule has 0 aromatic heterocycles. The van der Waals surface area contributed by atoms with Crippen LogP contribution in [-0.4, -0.2) is 39.0 Å². The highest BCUT2D eigenvalue weighted by atomic mass is 16.5. The van der Waals surface area contributed by atoms with E-state index in [9.17, 15) is 0 Å². The molecule has 0 radical (unpaired) electrons. The molecule has 1 rings (SSSR count). The van der Waals surface area contributed by atoms with Crippen molar-refractivity contribution >= 4 is 0 Å². The second-order valence-electron chi connectivity index (χ2n) is 4.03. The van der Waals surface area contributed by atoms with Crippen molar-refractivity contribution in [2.45, 2.75) is 44.8 Å². The minimum Gasteiger partial charge on any atom is -0.380 e. The first-order valence-electron chi connectivity index (χ1n) is 5.68. The summed E-state index contributed by atoms with van der Waals surface area (Å²) in [7, 11) is 1.75. The Kier molecular flexibility index (Phi) is 6.15. The summed E-state index contributed by atoms with van der Waals surface area (Å²) in [6.45, 7) is 5.00. The van der Waals surface area contributed by atoms with Crippen LogP contribution >= 0.6 is 0 Å². The van der Waals surface area contributed by atoms with Gasteiger partial charge in [0.05, 0.1) is 12.2 Å². The van der Waals surface area contributed by atoms with Crippen LogP contribution in [0.3, 0.4) is 0 Å². The zero-order valence-corrected chi connectivity index (χ0v) is 9.42. The van der Waals surface area contributed by atoms with Gasteiger partial charge in [-0.1, -0.05) is 0 Å². The summed E-state index contributed by atoms with van der Waals surface area (Å²) in [5, 5.41) is 3.38. The van der Waals surface area contributed by atoms with Crippen molar-refractivity contribution in [1.29, 1.82) is 0 Å². The average molecular weight is 201 g/mol. The zero-order valence-electron chi connectivity index (χ0n) is 9.42. The predicted molar refractivity (Wildman–Crippen MR) is 57.5 cm³/mol. The largest absolute Gasteiger partial charge is 0.380 e. The molecule has 0 saturated carbocycles. The Morgan fingerprint density at radius 1 is 1.50 bits per heavy atom. The molecule has 1 aliphatic rings. The van der Waals surface area contributed by atoms with E-state index in [2.05, 4.69) is 12.2 Å². The first kappa shape index (κ1) is 12.0. The number of hydrogen-bond donors (Lipinski definition) is 1. The monoisotopic (exact) mass is 201 g/mol. The maximum absolute atomic E-state index is 5.64. The standard InChI is InChI=1S/C11H23NO2/c1-10(13-2)9-12-7-6-11-5-3-4-8-14-11/h10-12H,3-9H2,1-2H3. The van der Waals surface area contributed by atoms with Crippen LogP contribution in [0, 0.1) is 0 Å². The van der Waals surface area contributed by atoms with Crippen LogP contribution in [0.25, 0.3) is 0 Å². The molecule has 1 aliphatic heterocycles. The molecule has 3 nitrogen and oxygen atoms in total. The molecule has 14 heavy (non-hydrogen) atoms. The van der Waals surface area contributed by atoms with Gasteiger partial charge in [-0.25, -0.2) is 0 Å². The lowest BCUT2D eigenvalue weighted by molar-refractivity contribution is 0.0110. The quantitative estimate of drug-likeness (QED) is 0.662. The second-order valence-corrected chi connectivity index (χ2v) is 4.03. The summed E-state index contributed by atoms with van der Waals surface area (Å²) in [6.07, 6.45) is 5.75. The molecule has 0 aromatic carbocycles. The van der Waals surface area contributed by atoms with Gasteiger partial charge < -0.3 is 14.8 Å². The Morgan fingerprint density at radius 2 is 2.36 bits per heavy atom. The van der Waals surface area contributed by atoms with Gasteiger partial charge in [-0.3, -0.25) is 0 Å². The molecular weight excluding hydrogens is 178 g/mol. The van der Waals surface area contributed by atoms with Crippen LogP contribution < -0.4 is 5.32 Å². The van der Waals surface area contributed by atoms with E-state index < -0.39 is 0 Å². The van der Waals surface area contributed by atoms with Gasteiger partial charge in [0.15, 0.2) is 0 Å². The molecule has 3 heteroatoms. The minimum atomic E-state index is 0.308. The second kappa shape index (κ2) is 7.21. The van der Waals surface area contributed by atoms with Gasteiger partial charge in [-0.15, -0.1) is 0 Å². The van der Waals surface area contributed by atoms with Crippen LogP contribution in [0.5, 0.6) is 0 Å². The van der Waals surface area contributed by atoms with Crippen LogP contribution in [-0.2, 0) is 9.47 Å². The van der Waals surface area contributed by atoms with Crippen LogP contribution in [0.4, 0.5) is 0 Å². The van der Waals surface area contributed by atoms with Gasteiger partial charge in [0.1, 0.15) is 0 Å². The van der Waals surface area contributed by atoms with Crippen LogP contribution in [0.1, 0.15) is 32.6 Å². The molecule has 1 heterocycles. The van der Waals surface area contributed by atoms with Gasteiger partial charge >= 0.3 is 0 Å². The van der Waals surface area contributed by atoms with Crippen molar-refractivity contribution in [1.82, 2.24) is 5.32 Å². The van der Waals surface area contributed by atoms with E-state index in [0.717, 1.165) is 26.1 Å². The fourth-order valence-electron chi connectivity index (χ4n) is 1.69. The van der Waals surface area contributed by atoms with E-state index >= 15 is 0 Å². The van der Waals surface area contributed by atoms with Crippen LogP contribution in [0.2, 0.25) is 0 Å². The van der Waals surface area contributed by atoms with E-state index in [1.54, 1.807) is 7.11 Å². The topological polar surface area (TPSA) is 30.5 Å². The van der Waals surface area contributed by atoms with E-state index in [1.165, 1.54) is 19.3 Å². The third-order valence-corrected chi connectivity index (χ3v) is 2.75. The minimum absolute atomic E-state index is 0.308. The van der Waals surface area contributed by atoms with E-state index in [-0.39, 0.29) is 0 Å². The molecule has 0 aliphatic carbocycles. The summed E-state index contributed by atoms with van der Waals surface area (Å²) in [4.78, 5) is 0. The summed E-state index contributed by atoms with van der Waals surface area (Å²) in [5.74, 6) is 0.